The van der Waals surface area contributed by atoms with Gasteiger partial charge in [0.05, 0.1) is 12.2 Å². The Morgan fingerprint density at radius 2 is 1.92 bits per heavy atom. The maximum atomic E-state index is 12.2. The predicted molar refractivity (Wildman–Crippen MR) is 97.2 cm³/mol. The van der Waals surface area contributed by atoms with E-state index in [2.05, 4.69) is 25.5 Å². The van der Waals surface area contributed by atoms with Crippen molar-refractivity contribution in [3.8, 4) is 11.4 Å². The van der Waals surface area contributed by atoms with E-state index in [1.165, 1.54) is 0 Å². The average Bonchev–Trinajstić information content (AvgIpc) is 2.67. The molecule has 0 spiro atoms. The third-order valence-electron chi connectivity index (χ3n) is 3.87. The van der Waals surface area contributed by atoms with Crippen LogP contribution in [0.1, 0.15) is 23.4 Å². The highest BCUT2D eigenvalue weighted by molar-refractivity contribution is 5.76. The van der Waals surface area contributed by atoms with Crippen LogP contribution in [0.15, 0.2) is 53.5 Å². The molecular weight excluding hydrogens is 330 g/mol. The van der Waals surface area contributed by atoms with E-state index in [1.54, 1.807) is 6.20 Å². The van der Waals surface area contributed by atoms with E-state index >= 15 is 0 Å². The van der Waals surface area contributed by atoms with E-state index in [9.17, 15) is 9.59 Å². The first-order chi connectivity index (χ1) is 12.6. The molecule has 0 atom stereocenters. The van der Waals surface area contributed by atoms with Gasteiger partial charge in [0, 0.05) is 24.6 Å². The van der Waals surface area contributed by atoms with Crippen LogP contribution in [0.2, 0.25) is 0 Å². The van der Waals surface area contributed by atoms with Gasteiger partial charge in [-0.15, -0.1) is 10.2 Å². The van der Waals surface area contributed by atoms with Crippen LogP contribution < -0.4 is 10.9 Å². The fraction of sp³-hybridized carbons (Fsp3) is 0.211. The molecule has 7 heteroatoms. The van der Waals surface area contributed by atoms with Gasteiger partial charge in [-0.3, -0.25) is 14.6 Å². The first-order valence-electron chi connectivity index (χ1n) is 8.31. The van der Waals surface area contributed by atoms with Gasteiger partial charge in [0.1, 0.15) is 5.69 Å². The molecule has 0 unspecified atom stereocenters. The fourth-order valence-corrected chi connectivity index (χ4v) is 2.38. The smallest absolute Gasteiger partial charge is 0.273 e. The number of H-pyrrole nitrogens is 1. The van der Waals surface area contributed by atoms with E-state index in [1.807, 2.05) is 49.4 Å². The third-order valence-corrected chi connectivity index (χ3v) is 3.87. The molecule has 0 saturated carbocycles. The van der Waals surface area contributed by atoms with Crippen LogP contribution in [0.25, 0.3) is 11.4 Å². The zero-order valence-electron chi connectivity index (χ0n) is 14.4. The van der Waals surface area contributed by atoms with Crippen molar-refractivity contribution in [1.82, 2.24) is 25.5 Å². The van der Waals surface area contributed by atoms with Gasteiger partial charge >= 0.3 is 0 Å². The molecule has 2 aromatic heterocycles. The molecule has 0 fully saturated rings. The maximum Gasteiger partial charge on any atom is 0.273 e. The van der Waals surface area contributed by atoms with Crippen LogP contribution in [0.3, 0.4) is 0 Å². The molecular formula is C19H19N5O2. The molecule has 2 N–H and O–H groups in total. The molecule has 0 bridgehead atoms. The third kappa shape index (κ3) is 4.60. The number of hydrogen-bond acceptors (Lipinski definition) is 5. The van der Waals surface area contributed by atoms with Crippen molar-refractivity contribution in [2.24, 2.45) is 0 Å². The Morgan fingerprint density at radius 3 is 2.62 bits per heavy atom. The Balaban J connectivity index is 1.57. The topological polar surface area (TPSA) is 101 Å². The molecule has 0 aliphatic heterocycles. The molecule has 3 aromatic rings. The van der Waals surface area contributed by atoms with E-state index in [4.69, 9.17) is 0 Å². The second kappa shape index (κ2) is 8.15. The summed E-state index contributed by atoms with van der Waals surface area (Å²) in [6.07, 6.45) is 2.06. The number of hydrogen-bond donors (Lipinski definition) is 2. The second-order valence-corrected chi connectivity index (χ2v) is 5.91. The minimum Gasteiger partial charge on any atom is -0.350 e. The summed E-state index contributed by atoms with van der Waals surface area (Å²) in [5.74, 6) is 0.248. The molecule has 3 rings (SSSR count). The van der Waals surface area contributed by atoms with Gasteiger partial charge in [0.15, 0.2) is 5.82 Å². The number of aryl methyl sites for hydroxylation is 2. The zero-order chi connectivity index (χ0) is 18.4. The average molecular weight is 349 g/mol. The standard InChI is InChI=1S/C19H19N5O2/c1-13-5-7-14(8-6-13)18-22-19(26)16(23-24-18)9-10-17(25)21-12-15-4-2-3-11-20-15/h2-8,11H,9-10,12H2,1H3,(H,21,25)(H,22,24,26). The van der Waals surface area contributed by atoms with Gasteiger partial charge in [0.2, 0.25) is 5.91 Å². The molecule has 132 valence electrons. The second-order valence-electron chi connectivity index (χ2n) is 5.91. The number of nitrogens with zero attached hydrogens (tertiary/aromatic N) is 3. The molecule has 1 amide bonds. The van der Waals surface area contributed by atoms with Crippen molar-refractivity contribution in [2.75, 3.05) is 0 Å². The summed E-state index contributed by atoms with van der Waals surface area (Å²) in [5.41, 5.74) is 2.61. The fourth-order valence-electron chi connectivity index (χ4n) is 2.38. The lowest BCUT2D eigenvalue weighted by molar-refractivity contribution is -0.121. The number of aromatic nitrogens is 4. The van der Waals surface area contributed by atoms with E-state index in [0.717, 1.165) is 16.8 Å². The van der Waals surface area contributed by atoms with Gasteiger partial charge < -0.3 is 10.3 Å². The number of aromatic amines is 1. The van der Waals surface area contributed by atoms with Gasteiger partial charge in [-0.2, -0.15) is 0 Å². The Labute approximate surface area is 150 Å². The Bertz CT molecular complexity index is 936. The highest BCUT2D eigenvalue weighted by Gasteiger charge is 2.09. The van der Waals surface area contributed by atoms with Crippen molar-refractivity contribution in [2.45, 2.75) is 26.3 Å². The first-order valence-corrected chi connectivity index (χ1v) is 8.31. The van der Waals surface area contributed by atoms with Crippen LogP contribution in [0, 0.1) is 6.92 Å². The predicted octanol–water partition coefficient (Wildman–Crippen LogP) is 1.78. The summed E-state index contributed by atoms with van der Waals surface area (Å²) in [6.45, 7) is 2.34. The van der Waals surface area contributed by atoms with Crippen molar-refractivity contribution in [3.63, 3.8) is 0 Å². The van der Waals surface area contributed by atoms with Crippen molar-refractivity contribution in [3.05, 3.63) is 76.0 Å². The number of nitrogens with one attached hydrogen (secondary N) is 2. The largest absolute Gasteiger partial charge is 0.350 e. The van der Waals surface area contributed by atoms with Crippen LogP contribution in [-0.2, 0) is 17.8 Å². The Hall–Kier alpha value is -3.35. The summed E-state index contributed by atoms with van der Waals surface area (Å²) >= 11 is 0. The number of rotatable bonds is 6. The molecule has 26 heavy (non-hydrogen) atoms. The van der Waals surface area contributed by atoms with Crippen LogP contribution in [0.4, 0.5) is 0 Å². The van der Waals surface area contributed by atoms with Gasteiger partial charge in [-0.1, -0.05) is 35.9 Å². The summed E-state index contributed by atoms with van der Waals surface area (Å²) < 4.78 is 0. The molecule has 0 aliphatic rings. The SMILES string of the molecule is Cc1ccc(-c2nnc(CCC(=O)NCc3ccccn3)c(=O)[nH]2)cc1. The highest BCUT2D eigenvalue weighted by atomic mass is 16.1. The quantitative estimate of drug-likeness (QED) is 0.706. The highest BCUT2D eigenvalue weighted by Crippen LogP contribution is 2.13. The van der Waals surface area contributed by atoms with E-state index in [-0.39, 0.29) is 30.0 Å². The molecule has 0 radical (unpaired) electrons. The number of carbonyl (C=O) groups is 1. The van der Waals surface area contributed by atoms with Crippen LogP contribution >= 0.6 is 0 Å². The lowest BCUT2D eigenvalue weighted by atomic mass is 10.1. The van der Waals surface area contributed by atoms with Gasteiger partial charge in [0.25, 0.3) is 5.56 Å². The Kier molecular flexibility index (Phi) is 5.48. The monoisotopic (exact) mass is 349 g/mol. The van der Waals surface area contributed by atoms with E-state index < -0.39 is 0 Å². The lowest BCUT2D eigenvalue weighted by Crippen LogP contribution is -2.25. The Morgan fingerprint density at radius 1 is 1.12 bits per heavy atom. The molecule has 1 aromatic carbocycles. The maximum absolute atomic E-state index is 12.2. The number of benzene rings is 1. The number of amides is 1. The zero-order valence-corrected chi connectivity index (χ0v) is 14.4. The minimum absolute atomic E-state index is 0.161. The van der Waals surface area contributed by atoms with Gasteiger partial charge in [-0.05, 0) is 19.1 Å². The minimum atomic E-state index is -0.326. The normalized spacial score (nSPS) is 10.5. The van der Waals surface area contributed by atoms with Gasteiger partial charge in [-0.25, -0.2) is 0 Å². The molecule has 0 aliphatic carbocycles. The number of carbonyl (C=O) groups excluding carboxylic acids is 1. The van der Waals surface area contributed by atoms with Crippen molar-refractivity contribution < 1.29 is 4.79 Å². The summed E-state index contributed by atoms with van der Waals surface area (Å²) in [4.78, 5) is 31.0. The van der Waals surface area contributed by atoms with Crippen molar-refractivity contribution >= 4 is 5.91 Å². The first kappa shape index (κ1) is 17.5. The van der Waals surface area contributed by atoms with Crippen LogP contribution in [0.5, 0.6) is 0 Å². The number of pyridine rings is 1. The summed E-state index contributed by atoms with van der Waals surface area (Å²) in [6, 6.07) is 13.1. The summed E-state index contributed by atoms with van der Waals surface area (Å²) in [5, 5.41) is 10.8. The van der Waals surface area contributed by atoms with Crippen molar-refractivity contribution in [1.29, 1.82) is 0 Å². The van der Waals surface area contributed by atoms with E-state index in [0.29, 0.717) is 12.4 Å². The van der Waals surface area contributed by atoms with Crippen LogP contribution in [-0.4, -0.2) is 26.1 Å². The molecule has 2 heterocycles. The molecule has 0 saturated heterocycles. The lowest BCUT2D eigenvalue weighted by Gasteiger charge is -2.05. The molecule has 7 nitrogen and oxygen atoms in total. The summed E-state index contributed by atoms with van der Waals surface area (Å²) in [7, 11) is 0.